The second kappa shape index (κ2) is 4.74. The van der Waals surface area contributed by atoms with Gasteiger partial charge in [-0.2, -0.15) is 15.4 Å². The van der Waals surface area contributed by atoms with Crippen molar-refractivity contribution in [3.8, 4) is 22.8 Å². The molecule has 0 unspecified atom stereocenters. The number of rotatable bonds is 4. The highest BCUT2D eigenvalue weighted by Gasteiger charge is 2.18. The molecule has 0 bridgehead atoms. The molecule has 1 aromatic heterocycles. The maximum atomic E-state index is 11.2. The fourth-order valence-electron chi connectivity index (χ4n) is 1.55. The largest absolute Gasteiger partial charge is 0.507 e. The van der Waals surface area contributed by atoms with E-state index in [-0.39, 0.29) is 17.1 Å². The number of nitrogens with one attached hydrogen (secondary N) is 1. The van der Waals surface area contributed by atoms with Gasteiger partial charge < -0.3 is 15.6 Å². The number of carbonyl (C=O) groups is 1. The summed E-state index contributed by atoms with van der Waals surface area (Å²) in [4.78, 5) is 11.2. The summed E-state index contributed by atoms with van der Waals surface area (Å²) in [7, 11) is 0. The van der Waals surface area contributed by atoms with E-state index in [1.165, 1.54) is 6.07 Å². The van der Waals surface area contributed by atoms with Gasteiger partial charge in [-0.1, -0.05) is 0 Å². The number of hydrogen-bond acceptors (Lipinski definition) is 5. The molecule has 1 heterocycles. The number of nitrogens with zero attached hydrogens (tertiary/aromatic N) is 2. The number of ether oxygens (including phenoxy) is 1. The third-order valence-electron chi connectivity index (χ3n) is 2.32. The number of nitrogens with two attached hydrogens (primary N) is 1. The van der Waals surface area contributed by atoms with E-state index in [1.54, 1.807) is 12.1 Å². The van der Waals surface area contributed by atoms with Gasteiger partial charge in [-0.05, 0) is 25.1 Å². The van der Waals surface area contributed by atoms with Crippen molar-refractivity contribution in [2.24, 2.45) is 5.73 Å². The molecule has 0 radical (unpaired) electrons. The first-order chi connectivity index (χ1) is 8.63. The van der Waals surface area contributed by atoms with Crippen LogP contribution in [0.4, 0.5) is 0 Å². The van der Waals surface area contributed by atoms with Gasteiger partial charge in [0.2, 0.25) is 0 Å². The summed E-state index contributed by atoms with van der Waals surface area (Å²) in [6.45, 7) is 2.34. The third kappa shape index (κ3) is 2.10. The number of aromatic amines is 1. The first-order valence-electron chi connectivity index (χ1n) is 5.30. The SMILES string of the molecule is CCOc1ccc(O)c(-c2n[nH]nc2C(N)=O)c1. The molecule has 1 aromatic carbocycles. The van der Waals surface area contributed by atoms with Gasteiger partial charge in [0.05, 0.1) is 12.2 Å². The van der Waals surface area contributed by atoms with Crippen LogP contribution in [0.5, 0.6) is 11.5 Å². The monoisotopic (exact) mass is 248 g/mol. The molecular formula is C11H12N4O3. The third-order valence-corrected chi connectivity index (χ3v) is 2.32. The highest BCUT2D eigenvalue weighted by Crippen LogP contribution is 2.32. The van der Waals surface area contributed by atoms with Crippen molar-refractivity contribution in [1.82, 2.24) is 15.4 Å². The van der Waals surface area contributed by atoms with Gasteiger partial charge >= 0.3 is 0 Å². The van der Waals surface area contributed by atoms with E-state index < -0.39 is 5.91 Å². The lowest BCUT2D eigenvalue weighted by Crippen LogP contribution is -2.12. The van der Waals surface area contributed by atoms with Gasteiger partial charge in [0, 0.05) is 0 Å². The molecule has 0 saturated heterocycles. The van der Waals surface area contributed by atoms with Crippen LogP contribution >= 0.6 is 0 Å². The zero-order valence-corrected chi connectivity index (χ0v) is 9.67. The number of carbonyl (C=O) groups excluding carboxylic acids is 1. The van der Waals surface area contributed by atoms with Crippen molar-refractivity contribution >= 4 is 5.91 Å². The zero-order valence-electron chi connectivity index (χ0n) is 9.67. The summed E-state index contributed by atoms with van der Waals surface area (Å²) in [5.74, 6) is -0.196. The quantitative estimate of drug-likeness (QED) is 0.735. The Hall–Kier alpha value is -2.57. The van der Waals surface area contributed by atoms with E-state index in [4.69, 9.17) is 10.5 Å². The van der Waals surface area contributed by atoms with E-state index >= 15 is 0 Å². The van der Waals surface area contributed by atoms with Crippen molar-refractivity contribution in [1.29, 1.82) is 0 Å². The molecule has 7 nitrogen and oxygen atoms in total. The number of amides is 1. The molecule has 0 aliphatic heterocycles. The maximum Gasteiger partial charge on any atom is 0.271 e. The van der Waals surface area contributed by atoms with Gasteiger partial charge in [-0.3, -0.25) is 4.79 Å². The van der Waals surface area contributed by atoms with Crippen LogP contribution in [-0.4, -0.2) is 33.0 Å². The van der Waals surface area contributed by atoms with E-state index in [1.807, 2.05) is 6.92 Å². The Kier molecular flexibility index (Phi) is 3.13. The minimum atomic E-state index is -0.722. The summed E-state index contributed by atoms with van der Waals surface area (Å²) in [5.41, 5.74) is 5.67. The first kappa shape index (κ1) is 11.9. The van der Waals surface area contributed by atoms with Crippen LogP contribution in [0.1, 0.15) is 17.4 Å². The average molecular weight is 248 g/mol. The fraction of sp³-hybridized carbons (Fsp3) is 0.182. The Morgan fingerprint density at radius 2 is 2.28 bits per heavy atom. The van der Waals surface area contributed by atoms with Crippen molar-refractivity contribution in [3.05, 3.63) is 23.9 Å². The van der Waals surface area contributed by atoms with Crippen molar-refractivity contribution in [2.45, 2.75) is 6.92 Å². The van der Waals surface area contributed by atoms with Crippen LogP contribution in [0, 0.1) is 0 Å². The molecule has 0 saturated carbocycles. The standard InChI is InChI=1S/C11H12N4O3/c1-2-18-6-3-4-8(16)7(5-6)9-10(11(12)17)14-15-13-9/h3-5,16H,2H2,1H3,(H2,12,17)(H,13,14,15). The Morgan fingerprint density at radius 3 is 2.94 bits per heavy atom. The molecule has 0 fully saturated rings. The van der Waals surface area contributed by atoms with Crippen LogP contribution in [0.15, 0.2) is 18.2 Å². The van der Waals surface area contributed by atoms with Crippen LogP contribution in [0.3, 0.4) is 0 Å². The molecule has 7 heteroatoms. The molecule has 94 valence electrons. The van der Waals surface area contributed by atoms with Gasteiger partial charge in [0.1, 0.15) is 17.2 Å². The lowest BCUT2D eigenvalue weighted by molar-refractivity contribution is 0.0996. The molecule has 2 rings (SSSR count). The molecule has 18 heavy (non-hydrogen) atoms. The molecule has 0 spiro atoms. The van der Waals surface area contributed by atoms with Gasteiger partial charge in [0.25, 0.3) is 5.91 Å². The van der Waals surface area contributed by atoms with Crippen molar-refractivity contribution in [3.63, 3.8) is 0 Å². The summed E-state index contributed by atoms with van der Waals surface area (Å²) in [6, 6.07) is 4.65. The summed E-state index contributed by atoms with van der Waals surface area (Å²) < 4.78 is 5.31. The predicted octanol–water partition coefficient (Wildman–Crippen LogP) is 0.675. The van der Waals surface area contributed by atoms with Crippen LogP contribution in [0.2, 0.25) is 0 Å². The molecule has 0 atom stereocenters. The number of H-pyrrole nitrogens is 1. The summed E-state index contributed by atoms with van der Waals surface area (Å²) in [5, 5.41) is 19.6. The van der Waals surface area contributed by atoms with Crippen LogP contribution < -0.4 is 10.5 Å². The summed E-state index contributed by atoms with van der Waals surface area (Å²) >= 11 is 0. The number of phenols is 1. The Balaban J connectivity index is 2.52. The van der Waals surface area contributed by atoms with E-state index in [0.717, 1.165) is 0 Å². The predicted molar refractivity (Wildman–Crippen MR) is 63.2 cm³/mol. The van der Waals surface area contributed by atoms with Crippen molar-refractivity contribution < 1.29 is 14.6 Å². The molecule has 1 amide bonds. The Morgan fingerprint density at radius 1 is 1.50 bits per heavy atom. The number of benzene rings is 1. The summed E-state index contributed by atoms with van der Waals surface area (Å²) in [6.07, 6.45) is 0. The minimum absolute atomic E-state index is 0.0288. The Labute approximate surface area is 103 Å². The second-order valence-corrected chi connectivity index (χ2v) is 3.50. The van der Waals surface area contributed by atoms with E-state index in [9.17, 15) is 9.90 Å². The van der Waals surface area contributed by atoms with Gasteiger partial charge in [-0.25, -0.2) is 0 Å². The maximum absolute atomic E-state index is 11.2. The van der Waals surface area contributed by atoms with Gasteiger partial charge in [0.15, 0.2) is 5.69 Å². The minimum Gasteiger partial charge on any atom is -0.507 e. The number of phenolic OH excluding ortho intramolecular Hbond substituents is 1. The molecule has 0 aliphatic carbocycles. The fourth-order valence-corrected chi connectivity index (χ4v) is 1.55. The molecule has 4 N–H and O–H groups in total. The normalized spacial score (nSPS) is 10.3. The number of aromatic nitrogens is 3. The lowest BCUT2D eigenvalue weighted by atomic mass is 10.1. The lowest BCUT2D eigenvalue weighted by Gasteiger charge is -2.06. The average Bonchev–Trinajstić information content (AvgIpc) is 2.81. The van der Waals surface area contributed by atoms with E-state index in [2.05, 4.69) is 15.4 Å². The smallest absolute Gasteiger partial charge is 0.271 e. The molecular weight excluding hydrogens is 236 g/mol. The second-order valence-electron chi connectivity index (χ2n) is 3.50. The van der Waals surface area contributed by atoms with Crippen molar-refractivity contribution in [2.75, 3.05) is 6.61 Å². The number of hydrogen-bond donors (Lipinski definition) is 3. The first-order valence-corrected chi connectivity index (χ1v) is 5.30. The van der Waals surface area contributed by atoms with E-state index in [0.29, 0.717) is 17.9 Å². The number of aromatic hydroxyl groups is 1. The van der Waals surface area contributed by atoms with Crippen LogP contribution in [-0.2, 0) is 0 Å². The zero-order chi connectivity index (χ0) is 13.1. The molecule has 2 aromatic rings. The molecule has 0 aliphatic rings. The Bertz CT molecular complexity index is 579. The highest BCUT2D eigenvalue weighted by atomic mass is 16.5. The highest BCUT2D eigenvalue weighted by molar-refractivity contribution is 5.97. The number of primary amides is 1. The van der Waals surface area contributed by atoms with Crippen LogP contribution in [0.25, 0.3) is 11.3 Å². The topological polar surface area (TPSA) is 114 Å². The van der Waals surface area contributed by atoms with Gasteiger partial charge in [-0.15, -0.1) is 0 Å².